The molecule has 4 heteroatoms. The predicted molar refractivity (Wildman–Crippen MR) is 54.1 cm³/mol. The quantitative estimate of drug-likeness (QED) is 0.715. The molecule has 0 spiro atoms. The Hall–Kier alpha value is -0.780. The van der Waals surface area contributed by atoms with E-state index in [2.05, 4.69) is 22.6 Å². The molecule has 1 aromatic rings. The van der Waals surface area contributed by atoms with Crippen LogP contribution < -0.4 is 0 Å². The fourth-order valence-electron chi connectivity index (χ4n) is 0.452. The Kier molecular flexibility index (Phi) is 5.44. The summed E-state index contributed by atoms with van der Waals surface area (Å²) in [5.41, 5.74) is 0. The highest BCUT2D eigenvalue weighted by Crippen LogP contribution is 2.16. The number of halogens is 1. The van der Waals surface area contributed by atoms with Crippen molar-refractivity contribution in [1.82, 2.24) is 0 Å². The van der Waals surface area contributed by atoms with Crippen LogP contribution in [-0.2, 0) is 4.79 Å². The first-order valence-corrected chi connectivity index (χ1v) is 4.25. The molecule has 0 aliphatic rings. The summed E-state index contributed by atoms with van der Waals surface area (Å²) in [6.07, 6.45) is 0. The minimum Gasteiger partial charge on any atom is -0.507 e. The number of benzene rings is 1. The molecule has 3 nitrogen and oxygen atoms in total. The Labute approximate surface area is 84.2 Å². The Morgan fingerprint density at radius 2 is 1.83 bits per heavy atom. The average Bonchev–Trinajstić information content (AvgIpc) is 1.94. The fourth-order valence-corrected chi connectivity index (χ4v) is 0.839. The zero-order valence-electron chi connectivity index (χ0n) is 6.49. The molecule has 12 heavy (non-hydrogen) atoms. The molecule has 1 rings (SSSR count). The van der Waals surface area contributed by atoms with E-state index in [0.29, 0.717) is 5.75 Å². The highest BCUT2D eigenvalue weighted by molar-refractivity contribution is 14.1. The molecule has 0 aliphatic carbocycles. The van der Waals surface area contributed by atoms with Crippen LogP contribution in [0, 0.1) is 3.57 Å². The number of carbonyl (C=O) groups is 1. The van der Waals surface area contributed by atoms with Crippen molar-refractivity contribution in [3.63, 3.8) is 0 Å². The highest BCUT2D eigenvalue weighted by Gasteiger charge is 1.89. The maximum Gasteiger partial charge on any atom is 0.300 e. The zero-order chi connectivity index (χ0) is 9.56. The van der Waals surface area contributed by atoms with Crippen LogP contribution in [0.1, 0.15) is 6.92 Å². The van der Waals surface area contributed by atoms with Crippen LogP contribution in [0.4, 0.5) is 0 Å². The Bertz CT molecular complexity index is 235. The van der Waals surface area contributed by atoms with Gasteiger partial charge in [0, 0.05) is 6.92 Å². The van der Waals surface area contributed by atoms with Gasteiger partial charge < -0.3 is 10.2 Å². The minimum absolute atomic E-state index is 0.355. The number of aliphatic carboxylic acids is 1. The lowest BCUT2D eigenvalue weighted by molar-refractivity contribution is -0.134. The lowest BCUT2D eigenvalue weighted by atomic mass is 10.3. The number of aromatic hydroxyl groups is 1. The summed E-state index contributed by atoms with van der Waals surface area (Å²) in [5.74, 6) is -0.479. The van der Waals surface area contributed by atoms with Crippen LogP contribution >= 0.6 is 22.6 Å². The van der Waals surface area contributed by atoms with E-state index < -0.39 is 5.97 Å². The number of phenolic OH excluding ortho intramolecular Hbond substituents is 1. The minimum atomic E-state index is -0.833. The number of rotatable bonds is 0. The van der Waals surface area contributed by atoms with Gasteiger partial charge in [-0.15, -0.1) is 0 Å². The molecular weight excluding hydrogens is 271 g/mol. The van der Waals surface area contributed by atoms with Gasteiger partial charge >= 0.3 is 0 Å². The summed E-state index contributed by atoms with van der Waals surface area (Å²) in [5, 5.41) is 16.3. The van der Waals surface area contributed by atoms with Gasteiger partial charge in [0.1, 0.15) is 5.75 Å². The smallest absolute Gasteiger partial charge is 0.300 e. The van der Waals surface area contributed by atoms with Crippen LogP contribution in [0.3, 0.4) is 0 Å². The summed E-state index contributed by atoms with van der Waals surface area (Å²) >= 11 is 2.07. The van der Waals surface area contributed by atoms with Crippen molar-refractivity contribution in [3.05, 3.63) is 27.8 Å². The second kappa shape index (κ2) is 5.82. The number of hydrogen-bond acceptors (Lipinski definition) is 2. The fraction of sp³-hybridized carbons (Fsp3) is 0.125. The summed E-state index contributed by atoms with van der Waals surface area (Å²) in [6.45, 7) is 1.08. The number of carboxylic acids is 1. The van der Waals surface area contributed by atoms with Crippen molar-refractivity contribution in [2.24, 2.45) is 0 Å². The first kappa shape index (κ1) is 11.2. The van der Waals surface area contributed by atoms with Crippen LogP contribution in [-0.4, -0.2) is 16.2 Å². The molecule has 0 fully saturated rings. The van der Waals surface area contributed by atoms with Gasteiger partial charge in [-0.2, -0.15) is 0 Å². The molecule has 0 radical (unpaired) electrons. The van der Waals surface area contributed by atoms with E-state index in [4.69, 9.17) is 15.0 Å². The highest BCUT2D eigenvalue weighted by atomic mass is 127. The number of carboxylic acid groups (broad SMARTS) is 1. The number of para-hydroxylation sites is 1. The van der Waals surface area contributed by atoms with E-state index in [1.54, 1.807) is 12.1 Å². The van der Waals surface area contributed by atoms with Gasteiger partial charge in [-0.25, -0.2) is 0 Å². The molecule has 0 atom stereocenters. The van der Waals surface area contributed by atoms with Crippen LogP contribution in [0.5, 0.6) is 5.75 Å². The summed E-state index contributed by atoms with van der Waals surface area (Å²) < 4.78 is 0.894. The van der Waals surface area contributed by atoms with Gasteiger partial charge in [0.25, 0.3) is 5.97 Å². The maximum absolute atomic E-state index is 9.00. The van der Waals surface area contributed by atoms with E-state index in [-0.39, 0.29) is 0 Å². The van der Waals surface area contributed by atoms with Gasteiger partial charge in [-0.1, -0.05) is 12.1 Å². The molecule has 1 aromatic carbocycles. The number of hydrogen-bond donors (Lipinski definition) is 2. The third-order valence-corrected chi connectivity index (χ3v) is 1.76. The molecule has 0 heterocycles. The molecule has 0 bridgehead atoms. The van der Waals surface area contributed by atoms with E-state index in [1.165, 1.54) is 0 Å². The van der Waals surface area contributed by atoms with Crippen molar-refractivity contribution >= 4 is 28.6 Å². The SMILES string of the molecule is CC(=O)O.Oc1ccccc1I. The lowest BCUT2D eigenvalue weighted by Crippen LogP contribution is -1.78. The van der Waals surface area contributed by atoms with Crippen molar-refractivity contribution in [1.29, 1.82) is 0 Å². The second-order valence-corrected chi connectivity index (χ2v) is 3.13. The van der Waals surface area contributed by atoms with E-state index in [0.717, 1.165) is 10.5 Å². The molecule has 0 saturated heterocycles. The van der Waals surface area contributed by atoms with Crippen LogP contribution in [0.2, 0.25) is 0 Å². The van der Waals surface area contributed by atoms with Crippen molar-refractivity contribution < 1.29 is 15.0 Å². The monoisotopic (exact) mass is 280 g/mol. The molecule has 2 N–H and O–H groups in total. The van der Waals surface area contributed by atoms with Crippen molar-refractivity contribution in [3.8, 4) is 5.75 Å². The topological polar surface area (TPSA) is 57.5 Å². The van der Waals surface area contributed by atoms with Crippen LogP contribution in [0.25, 0.3) is 0 Å². The molecule has 0 aromatic heterocycles. The summed E-state index contributed by atoms with van der Waals surface area (Å²) in [7, 11) is 0. The average molecular weight is 280 g/mol. The molecule has 0 aliphatic heterocycles. The third kappa shape index (κ3) is 5.96. The van der Waals surface area contributed by atoms with Crippen molar-refractivity contribution in [2.45, 2.75) is 6.92 Å². The predicted octanol–water partition coefficient (Wildman–Crippen LogP) is 2.09. The first-order chi connectivity index (χ1) is 5.54. The Morgan fingerprint density at radius 3 is 2.08 bits per heavy atom. The van der Waals surface area contributed by atoms with Crippen LogP contribution in [0.15, 0.2) is 24.3 Å². The van der Waals surface area contributed by atoms with Gasteiger partial charge in [0.15, 0.2) is 0 Å². The second-order valence-electron chi connectivity index (χ2n) is 1.97. The van der Waals surface area contributed by atoms with Gasteiger partial charge in [-0.3, -0.25) is 4.79 Å². The van der Waals surface area contributed by atoms with E-state index in [1.807, 2.05) is 12.1 Å². The molecule has 0 amide bonds. The maximum atomic E-state index is 9.00. The Morgan fingerprint density at radius 1 is 1.42 bits per heavy atom. The van der Waals surface area contributed by atoms with E-state index in [9.17, 15) is 0 Å². The normalized spacial score (nSPS) is 8.17. The molecular formula is C8H9IO3. The standard InChI is InChI=1S/C6H5IO.C2H4O2/c7-5-3-1-2-4-6(5)8;1-2(3)4/h1-4,8H;1H3,(H,3,4). The summed E-state index contributed by atoms with van der Waals surface area (Å²) in [4.78, 5) is 9.00. The van der Waals surface area contributed by atoms with E-state index >= 15 is 0 Å². The van der Waals surface area contributed by atoms with Crippen molar-refractivity contribution in [2.75, 3.05) is 0 Å². The zero-order valence-corrected chi connectivity index (χ0v) is 8.65. The van der Waals surface area contributed by atoms with Gasteiger partial charge in [0.2, 0.25) is 0 Å². The Balaban J connectivity index is 0.000000261. The molecule has 66 valence electrons. The first-order valence-electron chi connectivity index (χ1n) is 3.17. The van der Waals surface area contributed by atoms with Gasteiger partial charge in [0.05, 0.1) is 3.57 Å². The van der Waals surface area contributed by atoms with Gasteiger partial charge in [-0.05, 0) is 34.7 Å². The largest absolute Gasteiger partial charge is 0.507 e. The lowest BCUT2D eigenvalue weighted by Gasteiger charge is -1.90. The molecule has 0 unspecified atom stereocenters. The third-order valence-electron chi connectivity index (χ3n) is 0.852. The summed E-state index contributed by atoms with van der Waals surface area (Å²) in [6, 6.07) is 7.22. The molecule has 0 saturated carbocycles. The number of phenols is 1.